The highest BCUT2D eigenvalue weighted by atomic mass is 16.1. The molecule has 1 fully saturated rings. The van der Waals surface area contributed by atoms with Gasteiger partial charge in [0, 0.05) is 5.92 Å². The molecule has 0 spiro atoms. The summed E-state index contributed by atoms with van der Waals surface area (Å²) in [4.78, 5) is 11.7. The molecular formula is C10H15NO. The molecule has 0 aromatic carbocycles. The zero-order valence-corrected chi connectivity index (χ0v) is 7.76. The van der Waals surface area contributed by atoms with Gasteiger partial charge in [-0.3, -0.25) is 4.79 Å². The van der Waals surface area contributed by atoms with Crippen LogP contribution in [-0.4, -0.2) is 5.78 Å². The van der Waals surface area contributed by atoms with Crippen molar-refractivity contribution in [2.45, 2.75) is 39.5 Å². The van der Waals surface area contributed by atoms with Gasteiger partial charge in [-0.15, -0.1) is 0 Å². The van der Waals surface area contributed by atoms with Crippen molar-refractivity contribution in [2.75, 3.05) is 0 Å². The van der Waals surface area contributed by atoms with E-state index in [0.717, 1.165) is 25.7 Å². The maximum atomic E-state index is 11.7. The van der Waals surface area contributed by atoms with Gasteiger partial charge >= 0.3 is 0 Å². The summed E-state index contributed by atoms with van der Waals surface area (Å²) < 4.78 is 0. The highest BCUT2D eigenvalue weighted by molar-refractivity contribution is 5.89. The number of carbonyl (C=O) groups excluding carboxylic acids is 1. The number of ketones is 1. The summed E-state index contributed by atoms with van der Waals surface area (Å²) in [5.41, 5.74) is -0.698. The fourth-order valence-corrected chi connectivity index (χ4v) is 1.84. The second-order valence-electron chi connectivity index (χ2n) is 3.95. The third kappa shape index (κ3) is 1.50. The molecule has 1 rings (SSSR count). The predicted molar refractivity (Wildman–Crippen MR) is 46.4 cm³/mol. The van der Waals surface area contributed by atoms with Crippen LogP contribution in [0.25, 0.3) is 0 Å². The molecule has 0 unspecified atom stereocenters. The van der Waals surface area contributed by atoms with Gasteiger partial charge in [-0.1, -0.05) is 19.8 Å². The number of nitrogens with zero attached hydrogens (tertiary/aromatic N) is 1. The Balaban J connectivity index is 2.87. The highest BCUT2D eigenvalue weighted by Gasteiger charge is 2.37. The van der Waals surface area contributed by atoms with Gasteiger partial charge in [0.25, 0.3) is 0 Å². The quantitative estimate of drug-likeness (QED) is 0.517. The van der Waals surface area contributed by atoms with E-state index in [1.807, 2.05) is 6.92 Å². The van der Waals surface area contributed by atoms with Gasteiger partial charge in [0.05, 0.1) is 6.07 Å². The zero-order chi connectivity index (χ0) is 9.19. The van der Waals surface area contributed by atoms with Crippen molar-refractivity contribution in [1.29, 1.82) is 5.26 Å². The normalized spacial score (nSPS) is 37.1. The summed E-state index contributed by atoms with van der Waals surface area (Å²) in [6.45, 7) is 3.71. The van der Waals surface area contributed by atoms with Crippen LogP contribution in [0.2, 0.25) is 0 Å². The van der Waals surface area contributed by atoms with Gasteiger partial charge < -0.3 is 0 Å². The first-order valence-electron chi connectivity index (χ1n) is 4.56. The van der Waals surface area contributed by atoms with Crippen molar-refractivity contribution in [3.05, 3.63) is 0 Å². The molecule has 12 heavy (non-hydrogen) atoms. The summed E-state index contributed by atoms with van der Waals surface area (Å²) in [5, 5.41) is 8.89. The minimum absolute atomic E-state index is 0.0807. The molecule has 1 aliphatic rings. The van der Waals surface area contributed by atoms with Crippen LogP contribution in [0.3, 0.4) is 0 Å². The summed E-state index contributed by atoms with van der Waals surface area (Å²) in [6, 6.07) is 2.15. The second kappa shape index (κ2) is 3.26. The molecule has 0 N–H and O–H groups in total. The Hall–Kier alpha value is -0.840. The van der Waals surface area contributed by atoms with Crippen LogP contribution in [0.15, 0.2) is 0 Å². The van der Waals surface area contributed by atoms with Crippen molar-refractivity contribution in [3.63, 3.8) is 0 Å². The molecule has 0 aromatic rings. The molecule has 0 aliphatic heterocycles. The third-order valence-corrected chi connectivity index (χ3v) is 2.80. The Morgan fingerprint density at radius 3 is 2.83 bits per heavy atom. The summed E-state index contributed by atoms with van der Waals surface area (Å²) in [5.74, 6) is 0.222. The van der Waals surface area contributed by atoms with Crippen molar-refractivity contribution in [1.82, 2.24) is 0 Å². The number of hydrogen-bond acceptors (Lipinski definition) is 2. The number of rotatable bonds is 0. The first kappa shape index (κ1) is 9.25. The van der Waals surface area contributed by atoms with Gasteiger partial charge in [-0.2, -0.15) is 5.26 Å². The zero-order valence-electron chi connectivity index (χ0n) is 7.76. The number of hydrogen-bond donors (Lipinski definition) is 0. The summed E-state index contributed by atoms with van der Waals surface area (Å²) >= 11 is 0. The Morgan fingerprint density at radius 2 is 2.25 bits per heavy atom. The average Bonchev–Trinajstić information content (AvgIpc) is 2.20. The molecular weight excluding hydrogens is 150 g/mol. The molecule has 0 saturated heterocycles. The van der Waals surface area contributed by atoms with E-state index in [9.17, 15) is 4.79 Å². The topological polar surface area (TPSA) is 40.9 Å². The van der Waals surface area contributed by atoms with Gasteiger partial charge in [0.1, 0.15) is 5.41 Å². The molecule has 1 aliphatic carbocycles. The lowest BCUT2D eigenvalue weighted by Crippen LogP contribution is -2.29. The van der Waals surface area contributed by atoms with Crippen molar-refractivity contribution >= 4 is 5.78 Å². The SMILES string of the molecule is C[C@H]1CCCC[C@@](C)(C#N)C1=O. The fraction of sp³-hybridized carbons (Fsp3) is 0.800. The second-order valence-corrected chi connectivity index (χ2v) is 3.95. The number of Topliss-reactive ketones (excluding diaryl/α,β-unsaturated/α-hetero) is 1. The van der Waals surface area contributed by atoms with Crippen molar-refractivity contribution in [2.24, 2.45) is 11.3 Å². The van der Waals surface area contributed by atoms with E-state index < -0.39 is 5.41 Å². The molecule has 2 heteroatoms. The van der Waals surface area contributed by atoms with Gasteiger partial charge in [-0.25, -0.2) is 0 Å². The lowest BCUT2D eigenvalue weighted by Gasteiger charge is -2.19. The van der Waals surface area contributed by atoms with E-state index in [0.29, 0.717) is 0 Å². The Labute approximate surface area is 73.6 Å². The largest absolute Gasteiger partial charge is 0.298 e. The minimum atomic E-state index is -0.698. The Morgan fingerprint density at radius 1 is 1.58 bits per heavy atom. The maximum absolute atomic E-state index is 11.7. The maximum Gasteiger partial charge on any atom is 0.155 e. The number of nitriles is 1. The molecule has 2 atom stereocenters. The van der Waals surface area contributed by atoms with Crippen molar-refractivity contribution in [3.8, 4) is 6.07 Å². The molecule has 2 nitrogen and oxygen atoms in total. The molecule has 0 bridgehead atoms. The Kier molecular flexibility index (Phi) is 2.52. The molecule has 66 valence electrons. The third-order valence-electron chi connectivity index (χ3n) is 2.80. The molecule has 1 saturated carbocycles. The van der Waals surface area contributed by atoms with Crippen LogP contribution in [0.5, 0.6) is 0 Å². The fourth-order valence-electron chi connectivity index (χ4n) is 1.84. The van der Waals surface area contributed by atoms with Crippen LogP contribution in [-0.2, 0) is 4.79 Å². The van der Waals surface area contributed by atoms with E-state index in [4.69, 9.17) is 5.26 Å². The molecule has 0 radical (unpaired) electrons. The van der Waals surface area contributed by atoms with Crippen LogP contribution < -0.4 is 0 Å². The Bertz CT molecular complexity index is 228. The lowest BCUT2D eigenvalue weighted by molar-refractivity contribution is -0.128. The molecule has 0 amide bonds. The van der Waals surface area contributed by atoms with E-state index in [2.05, 4.69) is 6.07 Å². The van der Waals surface area contributed by atoms with Gasteiger partial charge in [0.2, 0.25) is 0 Å². The number of carbonyl (C=O) groups is 1. The average molecular weight is 165 g/mol. The van der Waals surface area contributed by atoms with E-state index in [1.54, 1.807) is 6.92 Å². The predicted octanol–water partition coefficient (Wildman–Crippen LogP) is 2.30. The van der Waals surface area contributed by atoms with Gasteiger partial charge in [-0.05, 0) is 19.8 Å². The highest BCUT2D eigenvalue weighted by Crippen LogP contribution is 2.33. The standard InChI is InChI=1S/C10H15NO/c1-8-5-3-4-6-10(2,7-11)9(8)12/h8H,3-6H2,1-2H3/t8-,10-/m0/s1. The van der Waals surface area contributed by atoms with Crippen LogP contribution >= 0.6 is 0 Å². The first-order chi connectivity index (χ1) is 5.60. The molecule has 0 aromatic heterocycles. The van der Waals surface area contributed by atoms with Crippen LogP contribution in [0.1, 0.15) is 39.5 Å². The summed E-state index contributed by atoms with van der Waals surface area (Å²) in [7, 11) is 0. The van der Waals surface area contributed by atoms with Crippen LogP contribution in [0.4, 0.5) is 0 Å². The smallest absolute Gasteiger partial charge is 0.155 e. The van der Waals surface area contributed by atoms with E-state index in [1.165, 1.54) is 0 Å². The van der Waals surface area contributed by atoms with E-state index >= 15 is 0 Å². The lowest BCUT2D eigenvalue weighted by atomic mass is 9.80. The van der Waals surface area contributed by atoms with Crippen molar-refractivity contribution < 1.29 is 4.79 Å². The minimum Gasteiger partial charge on any atom is -0.298 e. The van der Waals surface area contributed by atoms with E-state index in [-0.39, 0.29) is 11.7 Å². The summed E-state index contributed by atoms with van der Waals surface area (Å²) in [6.07, 6.45) is 3.80. The van der Waals surface area contributed by atoms with Gasteiger partial charge in [0.15, 0.2) is 5.78 Å². The first-order valence-corrected chi connectivity index (χ1v) is 4.56. The molecule has 0 heterocycles. The monoisotopic (exact) mass is 165 g/mol. The van der Waals surface area contributed by atoms with Crippen LogP contribution in [0, 0.1) is 22.7 Å².